The molecule has 2 fully saturated rings. The molecule has 10 nitrogen and oxygen atoms in total. The van der Waals surface area contributed by atoms with E-state index in [9.17, 15) is 18.0 Å². The van der Waals surface area contributed by atoms with Crippen LogP contribution in [0.3, 0.4) is 0 Å². The Labute approximate surface area is 238 Å². The molecule has 0 bridgehead atoms. The molecule has 2 saturated heterocycles. The molecule has 0 spiro atoms. The van der Waals surface area contributed by atoms with Crippen molar-refractivity contribution >= 4 is 50.1 Å². The second-order valence-corrected chi connectivity index (χ2v) is 12.7. The molecule has 12 heteroatoms. The largest absolute Gasteiger partial charge is 0.379 e. The van der Waals surface area contributed by atoms with Crippen molar-refractivity contribution in [1.29, 1.82) is 0 Å². The van der Waals surface area contributed by atoms with Crippen molar-refractivity contribution < 1.29 is 22.7 Å². The molecule has 1 atom stereocenters. The lowest BCUT2D eigenvalue weighted by molar-refractivity contribution is -0.138. The number of carbonyl (C=O) groups is 2. The molecule has 1 unspecified atom stereocenters. The van der Waals surface area contributed by atoms with E-state index in [-0.39, 0.29) is 43.5 Å². The van der Waals surface area contributed by atoms with Gasteiger partial charge in [-0.1, -0.05) is 12.1 Å². The van der Waals surface area contributed by atoms with Crippen LogP contribution in [-0.2, 0) is 30.9 Å². The second kappa shape index (κ2) is 12.7. The molecule has 0 saturated carbocycles. The number of morpholine rings is 1. The maximum absolute atomic E-state index is 13.6. The minimum Gasteiger partial charge on any atom is -0.379 e. The van der Waals surface area contributed by atoms with Crippen molar-refractivity contribution in [2.45, 2.75) is 17.5 Å². The minimum absolute atomic E-state index is 0.00181. The number of benzene rings is 2. The zero-order valence-corrected chi connectivity index (χ0v) is 24.7. The van der Waals surface area contributed by atoms with E-state index in [1.807, 2.05) is 48.2 Å². The molecule has 0 aliphatic carbocycles. The molecule has 2 aromatic rings. The topological polar surface area (TPSA) is 102 Å². The number of halogens is 1. The molecular weight excluding hydrogens is 621 g/mol. The van der Waals surface area contributed by atoms with Crippen LogP contribution < -0.4 is 10.2 Å². The van der Waals surface area contributed by atoms with Gasteiger partial charge in [-0.3, -0.25) is 14.5 Å². The summed E-state index contributed by atoms with van der Waals surface area (Å²) >= 11 is 2.12. The van der Waals surface area contributed by atoms with Crippen LogP contribution in [0.1, 0.15) is 5.56 Å². The van der Waals surface area contributed by atoms with Crippen LogP contribution in [0.15, 0.2) is 53.4 Å². The highest BCUT2D eigenvalue weighted by atomic mass is 127. The molecule has 2 heterocycles. The monoisotopic (exact) mass is 655 g/mol. The van der Waals surface area contributed by atoms with Gasteiger partial charge in [-0.15, -0.1) is 0 Å². The maximum Gasteiger partial charge on any atom is 0.243 e. The average molecular weight is 656 g/mol. The number of anilines is 1. The van der Waals surface area contributed by atoms with E-state index in [1.54, 1.807) is 29.2 Å². The molecule has 1 N–H and O–H groups in total. The second-order valence-electron chi connectivity index (χ2n) is 9.59. The molecule has 2 aliphatic rings. The Bertz CT molecular complexity index is 1220. The van der Waals surface area contributed by atoms with Gasteiger partial charge in [0.2, 0.25) is 21.8 Å². The first kappa shape index (κ1) is 28.7. The number of nitrogens with zero attached hydrogens (tertiary/aromatic N) is 4. The Morgan fingerprint density at radius 3 is 2.29 bits per heavy atom. The standard InChI is InChI=1S/C26H34IN5O5S/c1-29(2)22-7-3-20(4-8-22)17-28-26(34)24-18-31(25(33)19-30-13-15-37-16-14-30)11-12-32(24)38(35,36)23-9-5-21(27)6-10-23/h3-10,24H,11-19H2,1-2H3,(H,28,34). The Morgan fingerprint density at radius 1 is 1.00 bits per heavy atom. The van der Waals surface area contributed by atoms with Crippen LogP contribution in [0.25, 0.3) is 0 Å². The third-order valence-corrected chi connectivity index (χ3v) is 9.43. The fourth-order valence-electron chi connectivity index (χ4n) is 4.51. The lowest BCUT2D eigenvalue weighted by atomic mass is 10.1. The highest BCUT2D eigenvalue weighted by Crippen LogP contribution is 2.23. The fourth-order valence-corrected chi connectivity index (χ4v) is 6.44. The van der Waals surface area contributed by atoms with Gasteiger partial charge in [0, 0.05) is 62.6 Å². The van der Waals surface area contributed by atoms with Crippen LogP contribution in [-0.4, -0.2) is 107 Å². The molecular formula is C26H34IN5O5S. The predicted molar refractivity (Wildman–Crippen MR) is 153 cm³/mol. The van der Waals surface area contributed by atoms with Gasteiger partial charge >= 0.3 is 0 Å². The zero-order chi connectivity index (χ0) is 27.3. The van der Waals surface area contributed by atoms with Gasteiger partial charge in [0.1, 0.15) is 6.04 Å². The summed E-state index contributed by atoms with van der Waals surface area (Å²) < 4.78 is 34.7. The first-order chi connectivity index (χ1) is 18.1. The summed E-state index contributed by atoms with van der Waals surface area (Å²) in [6, 6.07) is 13.3. The molecule has 2 aromatic carbocycles. The fraction of sp³-hybridized carbons (Fsp3) is 0.462. The third-order valence-electron chi connectivity index (χ3n) is 6.79. The average Bonchev–Trinajstić information content (AvgIpc) is 2.92. The molecule has 2 amide bonds. The smallest absolute Gasteiger partial charge is 0.243 e. The lowest BCUT2D eigenvalue weighted by Crippen LogP contribution is -2.62. The summed E-state index contributed by atoms with van der Waals surface area (Å²) in [4.78, 5) is 32.3. The molecule has 2 aliphatic heterocycles. The van der Waals surface area contributed by atoms with Gasteiger partial charge in [0.15, 0.2) is 0 Å². The number of carbonyl (C=O) groups excluding carboxylic acids is 2. The Kier molecular flexibility index (Phi) is 9.63. The number of hydrogen-bond acceptors (Lipinski definition) is 7. The van der Waals surface area contributed by atoms with Crippen molar-refractivity contribution in [3.63, 3.8) is 0 Å². The Morgan fingerprint density at radius 2 is 1.66 bits per heavy atom. The SMILES string of the molecule is CN(C)c1ccc(CNC(=O)C2CN(C(=O)CN3CCOCC3)CCN2S(=O)(=O)c2ccc(I)cc2)cc1. The van der Waals surface area contributed by atoms with E-state index >= 15 is 0 Å². The van der Waals surface area contributed by atoms with Gasteiger partial charge in [-0.05, 0) is 64.6 Å². The summed E-state index contributed by atoms with van der Waals surface area (Å²) in [6.07, 6.45) is 0. The summed E-state index contributed by atoms with van der Waals surface area (Å²) in [7, 11) is -0.0427. The van der Waals surface area contributed by atoms with Gasteiger partial charge in [0.05, 0.1) is 24.7 Å². The summed E-state index contributed by atoms with van der Waals surface area (Å²) in [5.41, 5.74) is 1.93. The van der Waals surface area contributed by atoms with Crippen LogP contribution in [0.4, 0.5) is 5.69 Å². The normalized spacial score (nSPS) is 19.2. The van der Waals surface area contributed by atoms with Crippen molar-refractivity contribution in [3.05, 3.63) is 57.7 Å². The molecule has 4 rings (SSSR count). The number of amides is 2. The summed E-state index contributed by atoms with van der Waals surface area (Å²) in [5.74, 6) is -0.546. The molecule has 38 heavy (non-hydrogen) atoms. The maximum atomic E-state index is 13.6. The molecule has 206 valence electrons. The number of nitrogens with one attached hydrogen (secondary N) is 1. The van der Waals surface area contributed by atoms with Crippen molar-refractivity contribution in [1.82, 2.24) is 19.4 Å². The first-order valence-electron chi connectivity index (χ1n) is 12.5. The number of rotatable bonds is 8. The van der Waals surface area contributed by atoms with Gasteiger partial charge < -0.3 is 19.9 Å². The van der Waals surface area contributed by atoms with Gasteiger partial charge in [-0.25, -0.2) is 8.42 Å². The number of ether oxygens (including phenoxy) is 1. The predicted octanol–water partition coefficient (Wildman–Crippen LogP) is 1.21. The Balaban J connectivity index is 1.51. The first-order valence-corrected chi connectivity index (χ1v) is 15.1. The minimum atomic E-state index is -3.95. The van der Waals surface area contributed by atoms with E-state index in [1.165, 1.54) is 4.31 Å². The van der Waals surface area contributed by atoms with Crippen LogP contribution in [0.5, 0.6) is 0 Å². The van der Waals surface area contributed by atoms with Gasteiger partial charge in [0.25, 0.3) is 0 Å². The van der Waals surface area contributed by atoms with Gasteiger partial charge in [-0.2, -0.15) is 4.31 Å². The van der Waals surface area contributed by atoms with Crippen molar-refractivity contribution in [2.75, 3.05) is 71.5 Å². The molecule has 0 radical (unpaired) electrons. The van der Waals surface area contributed by atoms with Crippen molar-refractivity contribution in [2.24, 2.45) is 0 Å². The van der Waals surface area contributed by atoms with Crippen molar-refractivity contribution in [3.8, 4) is 0 Å². The third kappa shape index (κ3) is 7.03. The van der Waals surface area contributed by atoms with E-state index < -0.39 is 22.0 Å². The van der Waals surface area contributed by atoms with Crippen LogP contribution >= 0.6 is 22.6 Å². The van der Waals surface area contributed by atoms with E-state index in [4.69, 9.17) is 4.74 Å². The van der Waals surface area contributed by atoms with Crippen LogP contribution in [0.2, 0.25) is 0 Å². The number of piperazine rings is 1. The lowest BCUT2D eigenvalue weighted by Gasteiger charge is -2.40. The highest BCUT2D eigenvalue weighted by molar-refractivity contribution is 14.1. The van der Waals surface area contributed by atoms with E-state index in [2.05, 4.69) is 27.9 Å². The Hall–Kier alpha value is -2.26. The summed E-state index contributed by atoms with van der Waals surface area (Å²) in [6.45, 7) is 3.24. The number of sulfonamides is 1. The molecule has 0 aromatic heterocycles. The quantitative estimate of drug-likeness (QED) is 0.427. The zero-order valence-electron chi connectivity index (χ0n) is 21.7. The van der Waals surface area contributed by atoms with E-state index in [0.29, 0.717) is 26.3 Å². The number of hydrogen-bond donors (Lipinski definition) is 1. The summed E-state index contributed by atoms with van der Waals surface area (Å²) in [5, 5.41) is 2.90. The highest BCUT2D eigenvalue weighted by Gasteiger charge is 2.41. The van der Waals surface area contributed by atoms with Crippen LogP contribution in [0, 0.1) is 3.57 Å². The van der Waals surface area contributed by atoms with E-state index in [0.717, 1.165) is 14.8 Å².